The quantitative estimate of drug-likeness (QED) is 0.778. The molecule has 0 saturated heterocycles. The van der Waals surface area contributed by atoms with E-state index >= 15 is 0 Å². The van der Waals surface area contributed by atoms with Gasteiger partial charge in [0.1, 0.15) is 10.4 Å². The Morgan fingerprint density at radius 2 is 2.19 bits per heavy atom. The molecule has 2 heterocycles. The Morgan fingerprint density at radius 3 is 2.69 bits per heavy atom. The van der Waals surface area contributed by atoms with E-state index in [0.717, 1.165) is 11.8 Å². The molecule has 0 saturated carbocycles. The Labute approximate surface area is 96.2 Å². The number of nitrogens with two attached hydrogens (primary N) is 1. The minimum Gasteiger partial charge on any atom is -0.477 e. The van der Waals surface area contributed by atoms with E-state index in [4.69, 9.17) is 10.8 Å². The van der Waals surface area contributed by atoms with Gasteiger partial charge in [-0.3, -0.25) is 4.90 Å². The molecule has 0 radical (unpaired) electrons. The van der Waals surface area contributed by atoms with Crippen molar-refractivity contribution in [2.75, 3.05) is 4.90 Å². The van der Waals surface area contributed by atoms with E-state index in [1.165, 1.54) is 0 Å². The van der Waals surface area contributed by atoms with Crippen molar-refractivity contribution >= 4 is 23.7 Å². The second-order valence-electron chi connectivity index (χ2n) is 3.15. The average Bonchev–Trinajstić information content (AvgIpc) is 2.56. The van der Waals surface area contributed by atoms with Crippen molar-refractivity contribution in [1.82, 2.24) is 9.97 Å². The van der Waals surface area contributed by atoms with Crippen LogP contribution in [-0.2, 0) is 4.79 Å². The highest BCUT2D eigenvalue weighted by Gasteiger charge is 2.33. The second kappa shape index (κ2) is 4.11. The van der Waals surface area contributed by atoms with Gasteiger partial charge in [-0.15, -0.1) is 0 Å². The Morgan fingerprint density at radius 1 is 1.56 bits per heavy atom. The maximum absolute atomic E-state index is 10.9. The molecule has 0 fully saturated rings. The Hall–Kier alpha value is -1.60. The van der Waals surface area contributed by atoms with Crippen LogP contribution in [0, 0.1) is 0 Å². The van der Waals surface area contributed by atoms with Crippen LogP contribution in [0.2, 0.25) is 0 Å². The number of hydrogen-bond donors (Lipinski definition) is 2. The molecule has 1 unspecified atom stereocenters. The van der Waals surface area contributed by atoms with Crippen LogP contribution in [0.25, 0.3) is 0 Å². The van der Waals surface area contributed by atoms with E-state index in [1.807, 2.05) is 0 Å². The fourth-order valence-electron chi connectivity index (χ4n) is 1.44. The molecule has 1 aliphatic rings. The number of allylic oxidation sites excluding steroid dienone is 1. The van der Waals surface area contributed by atoms with Crippen molar-refractivity contribution in [2.24, 2.45) is 5.73 Å². The van der Waals surface area contributed by atoms with Gasteiger partial charge < -0.3 is 10.8 Å². The molecule has 0 spiro atoms. The standard InChI is InChI=1S/C9H10N4O2S/c1-5-6(7(14)15)16-8(10)13(5)9-11-3-2-4-12-9/h2-4,8H,10H2,1H3,(H,14,15). The molecule has 1 aromatic rings. The molecule has 1 atom stereocenters. The van der Waals surface area contributed by atoms with E-state index in [1.54, 1.807) is 30.3 Å². The number of carboxylic acids is 1. The summed E-state index contributed by atoms with van der Waals surface area (Å²) in [6.45, 7) is 1.69. The van der Waals surface area contributed by atoms with Crippen LogP contribution in [0.4, 0.5) is 5.95 Å². The smallest absolute Gasteiger partial charge is 0.344 e. The van der Waals surface area contributed by atoms with Crippen LogP contribution in [-0.4, -0.2) is 26.5 Å². The van der Waals surface area contributed by atoms with Crippen LogP contribution >= 0.6 is 11.8 Å². The molecule has 0 aliphatic carbocycles. The van der Waals surface area contributed by atoms with E-state index in [-0.39, 0.29) is 4.91 Å². The molecule has 7 heteroatoms. The molecule has 0 amide bonds. The Kier molecular flexibility index (Phi) is 2.80. The zero-order valence-electron chi connectivity index (χ0n) is 8.49. The third-order valence-corrected chi connectivity index (χ3v) is 3.30. The summed E-state index contributed by atoms with van der Waals surface area (Å²) in [5, 5.41) is 8.96. The number of aliphatic carboxylic acids is 1. The lowest BCUT2D eigenvalue weighted by Gasteiger charge is -2.21. The van der Waals surface area contributed by atoms with Crippen LogP contribution in [0.15, 0.2) is 29.1 Å². The molecular formula is C9H10N4O2S. The molecule has 0 aromatic carbocycles. The van der Waals surface area contributed by atoms with Gasteiger partial charge in [0.2, 0.25) is 5.95 Å². The summed E-state index contributed by atoms with van der Waals surface area (Å²) < 4.78 is 0. The number of carboxylic acid groups (broad SMARTS) is 1. The first-order valence-electron chi connectivity index (χ1n) is 4.54. The highest BCUT2D eigenvalue weighted by atomic mass is 32.2. The summed E-state index contributed by atoms with van der Waals surface area (Å²) in [5.41, 5.74) is 5.91. The second-order valence-corrected chi connectivity index (χ2v) is 4.27. The molecule has 84 valence electrons. The van der Waals surface area contributed by atoms with Gasteiger partial charge in [-0.25, -0.2) is 14.8 Å². The number of rotatable bonds is 2. The molecule has 1 aliphatic heterocycles. The molecule has 6 nitrogen and oxygen atoms in total. The Balaban J connectivity index is 2.39. The van der Waals surface area contributed by atoms with Gasteiger partial charge in [-0.05, 0) is 13.0 Å². The minimum atomic E-state index is -0.976. The summed E-state index contributed by atoms with van der Waals surface area (Å²) in [5.74, 6) is -0.562. The third-order valence-electron chi connectivity index (χ3n) is 2.14. The van der Waals surface area contributed by atoms with Crippen molar-refractivity contribution < 1.29 is 9.90 Å². The van der Waals surface area contributed by atoms with Gasteiger partial charge in [0.05, 0.1) is 0 Å². The molecule has 1 aromatic heterocycles. The van der Waals surface area contributed by atoms with Crippen molar-refractivity contribution in [3.63, 3.8) is 0 Å². The lowest BCUT2D eigenvalue weighted by atomic mass is 10.4. The third kappa shape index (κ3) is 1.74. The first-order chi connectivity index (χ1) is 7.61. The van der Waals surface area contributed by atoms with Gasteiger partial charge in [0, 0.05) is 18.1 Å². The van der Waals surface area contributed by atoms with Gasteiger partial charge in [0.25, 0.3) is 0 Å². The predicted octanol–water partition coefficient (Wildman–Crippen LogP) is 0.588. The molecule has 16 heavy (non-hydrogen) atoms. The van der Waals surface area contributed by atoms with E-state index in [9.17, 15) is 4.79 Å². The van der Waals surface area contributed by atoms with Gasteiger partial charge in [-0.1, -0.05) is 11.8 Å². The van der Waals surface area contributed by atoms with Gasteiger partial charge in [0.15, 0.2) is 0 Å². The minimum absolute atomic E-state index is 0.236. The summed E-state index contributed by atoms with van der Waals surface area (Å²) in [6, 6.07) is 1.69. The van der Waals surface area contributed by atoms with Gasteiger partial charge in [-0.2, -0.15) is 0 Å². The summed E-state index contributed by atoms with van der Waals surface area (Å²) in [7, 11) is 0. The van der Waals surface area contributed by atoms with E-state index in [2.05, 4.69) is 9.97 Å². The lowest BCUT2D eigenvalue weighted by Crippen LogP contribution is -2.35. The van der Waals surface area contributed by atoms with Gasteiger partial charge >= 0.3 is 5.97 Å². The van der Waals surface area contributed by atoms with Crippen molar-refractivity contribution in [3.8, 4) is 0 Å². The summed E-state index contributed by atoms with van der Waals surface area (Å²) in [4.78, 5) is 20.9. The SMILES string of the molecule is CC1=C(C(=O)O)SC(N)N1c1ncccn1. The van der Waals surface area contributed by atoms with Crippen LogP contribution in [0.5, 0.6) is 0 Å². The Bertz CT molecular complexity index is 448. The maximum atomic E-state index is 10.9. The number of anilines is 1. The first kappa shape index (κ1) is 10.9. The summed E-state index contributed by atoms with van der Waals surface area (Å²) in [6.07, 6.45) is 3.18. The lowest BCUT2D eigenvalue weighted by molar-refractivity contribution is -0.131. The number of carbonyl (C=O) groups is 1. The maximum Gasteiger partial charge on any atom is 0.344 e. The fraction of sp³-hybridized carbons (Fsp3) is 0.222. The predicted molar refractivity (Wildman–Crippen MR) is 60.4 cm³/mol. The highest BCUT2D eigenvalue weighted by Crippen LogP contribution is 2.37. The van der Waals surface area contributed by atoms with Crippen LogP contribution in [0.3, 0.4) is 0 Å². The molecule has 0 bridgehead atoms. The van der Waals surface area contributed by atoms with Crippen molar-refractivity contribution in [2.45, 2.75) is 12.4 Å². The molecular weight excluding hydrogens is 228 g/mol. The van der Waals surface area contributed by atoms with Crippen molar-refractivity contribution in [3.05, 3.63) is 29.1 Å². The zero-order chi connectivity index (χ0) is 11.7. The molecule has 3 N–H and O–H groups in total. The van der Waals surface area contributed by atoms with Crippen LogP contribution in [0.1, 0.15) is 6.92 Å². The molecule has 2 rings (SSSR count). The highest BCUT2D eigenvalue weighted by molar-refractivity contribution is 8.04. The average molecular weight is 238 g/mol. The number of hydrogen-bond acceptors (Lipinski definition) is 6. The number of aromatic nitrogens is 2. The fourth-order valence-corrected chi connectivity index (χ4v) is 2.41. The van der Waals surface area contributed by atoms with E-state index in [0.29, 0.717) is 11.6 Å². The number of thioether (sulfide) groups is 1. The summed E-state index contributed by atoms with van der Waals surface area (Å²) >= 11 is 1.09. The number of nitrogens with zero attached hydrogens (tertiary/aromatic N) is 3. The van der Waals surface area contributed by atoms with Crippen LogP contribution < -0.4 is 10.6 Å². The monoisotopic (exact) mass is 238 g/mol. The zero-order valence-corrected chi connectivity index (χ0v) is 9.31. The first-order valence-corrected chi connectivity index (χ1v) is 5.42. The topological polar surface area (TPSA) is 92.3 Å². The van der Waals surface area contributed by atoms with Crippen molar-refractivity contribution in [1.29, 1.82) is 0 Å². The van der Waals surface area contributed by atoms with E-state index < -0.39 is 11.5 Å². The largest absolute Gasteiger partial charge is 0.477 e. The normalized spacial score (nSPS) is 20.4.